The average molecular weight is 820 g/mol. The zero-order valence-electron chi connectivity index (χ0n) is 29.9. The summed E-state index contributed by atoms with van der Waals surface area (Å²) in [6, 6.07) is 30.0. The molecule has 0 unspecified atom stereocenters. The number of carbonyl (C=O) groups is 1. The molecule has 51 heavy (non-hydrogen) atoms. The molecular formula is C44H45Br2N3OSi. The number of hydrogen-bond donors (Lipinski definition) is 0. The average Bonchev–Trinajstić information content (AvgIpc) is 3.35. The fourth-order valence-electron chi connectivity index (χ4n) is 8.40. The Bertz CT molecular complexity index is 2030. The van der Waals surface area contributed by atoms with Crippen LogP contribution >= 0.6 is 31.9 Å². The molecule has 8 rings (SSSR count). The second-order valence-electron chi connectivity index (χ2n) is 15.4. The van der Waals surface area contributed by atoms with Gasteiger partial charge in [0.25, 0.3) is 0 Å². The van der Waals surface area contributed by atoms with Gasteiger partial charge in [-0.25, -0.2) is 0 Å². The molecule has 4 aromatic rings. The molecule has 0 amide bonds. The van der Waals surface area contributed by atoms with Gasteiger partial charge in [-0.3, -0.25) is 9.45 Å². The highest BCUT2D eigenvalue weighted by atomic mass is 79.9. The van der Waals surface area contributed by atoms with E-state index in [1.165, 1.54) is 38.9 Å². The molecule has 0 aliphatic heterocycles. The SMILES string of the molecule is C=C=N[Si](C)(C)C.O=C1c2cc(Br)ccc2CC12CCc1ccccc1CC2.[C-]#[N+]/N=C1\c2cc(Br)ccc2CC12CCc1ccccc1CC2. The summed E-state index contributed by atoms with van der Waals surface area (Å²) in [5.41, 5.74) is 11.3. The van der Waals surface area contributed by atoms with Gasteiger partial charge in [-0.15, -0.1) is 4.95 Å². The maximum absolute atomic E-state index is 13.0. The van der Waals surface area contributed by atoms with Crippen molar-refractivity contribution in [2.75, 3.05) is 0 Å². The maximum atomic E-state index is 13.0. The Morgan fingerprint density at radius 3 is 1.55 bits per heavy atom. The quantitative estimate of drug-likeness (QED) is 0.0817. The highest BCUT2D eigenvalue weighted by Gasteiger charge is 2.46. The van der Waals surface area contributed by atoms with Gasteiger partial charge >= 0.3 is 0 Å². The maximum Gasteiger partial charge on any atom is 0.184 e. The van der Waals surface area contributed by atoms with E-state index in [-0.39, 0.29) is 10.8 Å². The van der Waals surface area contributed by atoms with Crippen molar-refractivity contribution in [2.45, 2.75) is 83.8 Å². The second kappa shape index (κ2) is 15.5. The molecule has 4 aromatic carbocycles. The zero-order chi connectivity index (χ0) is 36.2. The van der Waals surface area contributed by atoms with Gasteiger partial charge in [0.15, 0.2) is 14.0 Å². The molecule has 0 bridgehead atoms. The molecule has 4 aliphatic rings. The lowest BCUT2D eigenvalue weighted by Gasteiger charge is -2.26. The van der Waals surface area contributed by atoms with E-state index in [1.54, 1.807) is 0 Å². The topological polar surface area (TPSA) is 46.1 Å². The fraction of sp³-hybridized carbons (Fsp3) is 0.341. The van der Waals surface area contributed by atoms with Gasteiger partial charge < -0.3 is 0 Å². The van der Waals surface area contributed by atoms with Crippen LogP contribution in [-0.2, 0) is 38.5 Å². The third kappa shape index (κ3) is 8.21. The summed E-state index contributed by atoms with van der Waals surface area (Å²) in [5.74, 6) is 2.91. The number of Topliss-reactive ketones (excluding diaryl/α,β-unsaturated/α-hetero) is 1. The molecule has 7 heteroatoms. The second-order valence-corrected chi connectivity index (χ2v) is 21.8. The lowest BCUT2D eigenvalue weighted by atomic mass is 9.76. The molecule has 4 nitrogen and oxygen atoms in total. The molecule has 0 heterocycles. The van der Waals surface area contributed by atoms with Crippen LogP contribution in [0.2, 0.25) is 19.6 Å². The summed E-state index contributed by atoms with van der Waals surface area (Å²) < 4.78 is 6.10. The largest absolute Gasteiger partial charge is 0.294 e. The Hall–Kier alpha value is -3.66. The minimum Gasteiger partial charge on any atom is -0.294 e. The molecule has 0 N–H and O–H groups in total. The summed E-state index contributed by atoms with van der Waals surface area (Å²) in [4.78, 5) is 16.4. The Kier molecular flexibility index (Phi) is 11.3. The van der Waals surface area contributed by atoms with Crippen molar-refractivity contribution in [3.63, 3.8) is 0 Å². The van der Waals surface area contributed by atoms with Crippen LogP contribution in [-0.4, -0.2) is 25.6 Å². The normalized spacial score (nSPS) is 18.3. The number of ketones is 1. The number of carbonyl (C=O) groups excluding carboxylic acids is 1. The number of benzene rings is 4. The van der Waals surface area contributed by atoms with E-state index in [0.29, 0.717) is 5.78 Å². The molecule has 260 valence electrons. The highest BCUT2D eigenvalue weighted by Crippen LogP contribution is 2.48. The molecule has 0 atom stereocenters. The predicted octanol–water partition coefficient (Wildman–Crippen LogP) is 11.6. The van der Waals surface area contributed by atoms with Gasteiger partial charge in [0.1, 0.15) is 5.71 Å². The van der Waals surface area contributed by atoms with E-state index in [9.17, 15) is 4.79 Å². The van der Waals surface area contributed by atoms with E-state index in [2.05, 4.69) is 158 Å². The van der Waals surface area contributed by atoms with E-state index < -0.39 is 8.24 Å². The predicted molar refractivity (Wildman–Crippen MR) is 221 cm³/mol. The van der Waals surface area contributed by atoms with Crippen molar-refractivity contribution in [1.82, 2.24) is 0 Å². The minimum absolute atomic E-state index is 0.0205. The van der Waals surface area contributed by atoms with E-state index in [0.717, 1.165) is 84.4 Å². The van der Waals surface area contributed by atoms with E-state index in [4.69, 9.17) is 6.57 Å². The highest BCUT2D eigenvalue weighted by molar-refractivity contribution is 9.10. The van der Waals surface area contributed by atoms with Gasteiger partial charge in [-0.05, 0) is 154 Å². The smallest absolute Gasteiger partial charge is 0.184 e. The van der Waals surface area contributed by atoms with E-state index >= 15 is 0 Å². The van der Waals surface area contributed by atoms with Gasteiger partial charge in [0, 0.05) is 30.9 Å². The summed E-state index contributed by atoms with van der Waals surface area (Å²) >= 11 is 7.05. The van der Waals surface area contributed by atoms with Gasteiger partial charge in [-0.1, -0.05) is 92.5 Å². The van der Waals surface area contributed by atoms with Crippen LogP contribution in [0.15, 0.2) is 110 Å². The van der Waals surface area contributed by atoms with Crippen molar-refractivity contribution in [3.8, 4) is 0 Å². The van der Waals surface area contributed by atoms with Gasteiger partial charge in [-0.2, -0.15) is 6.57 Å². The van der Waals surface area contributed by atoms with Gasteiger partial charge in [0.2, 0.25) is 0 Å². The Balaban J connectivity index is 0.000000149. The molecule has 4 aliphatic carbocycles. The van der Waals surface area contributed by atoms with Crippen molar-refractivity contribution in [3.05, 3.63) is 156 Å². The number of fused-ring (bicyclic) bond motifs is 4. The Morgan fingerprint density at radius 2 is 1.12 bits per heavy atom. The van der Waals surface area contributed by atoms with E-state index in [1.807, 2.05) is 6.07 Å². The number of hydrogen-bond acceptors (Lipinski definition) is 3. The third-order valence-corrected chi connectivity index (χ3v) is 12.8. The fourth-order valence-corrected chi connectivity index (χ4v) is 9.60. The van der Waals surface area contributed by atoms with Crippen LogP contribution in [0.5, 0.6) is 0 Å². The Morgan fingerprint density at radius 1 is 0.686 bits per heavy atom. The molecule has 2 spiro atoms. The summed E-state index contributed by atoms with van der Waals surface area (Å²) in [6.07, 6.45) is 10.2. The first kappa shape index (κ1) is 37.1. The first-order valence-corrected chi connectivity index (χ1v) is 22.9. The molecule has 0 radical (unpaired) electrons. The molecule has 0 fully saturated rings. The summed E-state index contributed by atoms with van der Waals surface area (Å²) in [6.45, 7) is 17.1. The summed E-state index contributed by atoms with van der Waals surface area (Å²) in [5, 5.41) is 4.27. The lowest BCUT2D eigenvalue weighted by Crippen LogP contribution is -2.29. The van der Waals surface area contributed by atoms with Crippen LogP contribution in [0.1, 0.15) is 75.0 Å². The van der Waals surface area contributed by atoms with Crippen LogP contribution in [0.3, 0.4) is 0 Å². The number of halogens is 2. The minimum atomic E-state index is -1.21. The van der Waals surface area contributed by atoms with Crippen LogP contribution < -0.4 is 0 Å². The standard InChI is InChI=1S/C20H17BrN2.C19H17BrO.C5H11NSi/c1-22-23-19-18-12-17(21)7-6-16(18)13-20(19)10-8-14-4-2-3-5-15(14)9-11-20;20-16-6-5-15-12-19(18(21)17(15)11-16)9-7-13-3-1-2-4-14(13)8-10-19;1-5-6-7(2,3)4/h2-7,12H,8-11,13H2;1-6,11H,7-10,12H2;1H2,2-4H3/b23-19+;;. The van der Waals surface area contributed by atoms with Crippen LogP contribution in [0.25, 0.3) is 4.95 Å². The first-order chi connectivity index (χ1) is 24.5. The van der Waals surface area contributed by atoms with Gasteiger partial charge in [0.05, 0.1) is 5.10 Å². The molecule has 0 aromatic heterocycles. The number of aryl methyl sites for hydroxylation is 4. The van der Waals surface area contributed by atoms with Crippen LogP contribution in [0.4, 0.5) is 0 Å². The third-order valence-electron chi connectivity index (χ3n) is 11.0. The van der Waals surface area contributed by atoms with Crippen molar-refractivity contribution < 1.29 is 4.79 Å². The summed E-state index contributed by atoms with van der Waals surface area (Å²) in [7, 11) is -1.21. The Labute approximate surface area is 321 Å². The van der Waals surface area contributed by atoms with Crippen molar-refractivity contribution in [2.24, 2.45) is 20.6 Å². The molecule has 0 saturated heterocycles. The molecule has 0 saturated carbocycles. The van der Waals surface area contributed by atoms with Crippen molar-refractivity contribution >= 4 is 57.5 Å². The lowest BCUT2D eigenvalue weighted by molar-refractivity contribution is 0.0794. The number of rotatable bonds is 1. The zero-order valence-corrected chi connectivity index (χ0v) is 34.0. The van der Waals surface area contributed by atoms with Crippen molar-refractivity contribution in [1.29, 1.82) is 0 Å². The first-order valence-electron chi connectivity index (χ1n) is 17.9. The van der Waals surface area contributed by atoms with Crippen LogP contribution in [0, 0.1) is 17.4 Å². The monoisotopic (exact) mass is 817 g/mol. The molecular weight excluding hydrogens is 774 g/mol. The number of nitrogens with zero attached hydrogens (tertiary/aromatic N) is 3.